The van der Waals surface area contributed by atoms with Crippen molar-refractivity contribution in [2.75, 3.05) is 7.11 Å². The molecule has 0 aliphatic rings. The van der Waals surface area contributed by atoms with Crippen molar-refractivity contribution >= 4 is 22.6 Å². The molecule has 1 N–H and O–H groups in total. The molecule has 0 aliphatic carbocycles. The van der Waals surface area contributed by atoms with Gasteiger partial charge in [0.05, 0.1) is 12.3 Å². The first-order valence-electron chi connectivity index (χ1n) is 6.88. The summed E-state index contributed by atoms with van der Waals surface area (Å²) in [5, 5.41) is 0. The Balaban J connectivity index is 2.35. The Hall–Kier alpha value is -1.21. The van der Waals surface area contributed by atoms with E-state index < -0.39 is 0 Å². The standard InChI is InChI=1S/C16H19IN2O2/c1-10(2)8-11-4-6-12(7-5-11)15-18-13(9-21-3)14(17)16(20)19-15/h4-7,10H,8-9H2,1-3H3,(H,18,19,20). The summed E-state index contributed by atoms with van der Waals surface area (Å²) in [6.07, 6.45) is 1.05. The molecule has 1 heterocycles. The van der Waals surface area contributed by atoms with Crippen LogP contribution >= 0.6 is 22.6 Å². The average molecular weight is 398 g/mol. The molecule has 0 atom stereocenters. The number of nitrogens with one attached hydrogen (secondary N) is 1. The molecule has 0 fully saturated rings. The third-order valence-electron chi connectivity index (χ3n) is 3.08. The quantitative estimate of drug-likeness (QED) is 0.786. The highest BCUT2D eigenvalue weighted by Gasteiger charge is 2.10. The number of rotatable bonds is 5. The first-order valence-corrected chi connectivity index (χ1v) is 7.96. The van der Waals surface area contributed by atoms with Crippen molar-refractivity contribution in [3.63, 3.8) is 0 Å². The maximum Gasteiger partial charge on any atom is 0.264 e. The molecular formula is C16H19IN2O2. The van der Waals surface area contributed by atoms with Crippen LogP contribution in [0.15, 0.2) is 29.1 Å². The number of methoxy groups -OCH3 is 1. The molecule has 5 heteroatoms. The average Bonchev–Trinajstić information content (AvgIpc) is 2.44. The summed E-state index contributed by atoms with van der Waals surface area (Å²) in [5.41, 5.74) is 2.74. The van der Waals surface area contributed by atoms with Gasteiger partial charge in [-0.15, -0.1) is 0 Å². The molecule has 0 amide bonds. The molecule has 0 aliphatic heterocycles. The molecular weight excluding hydrogens is 379 g/mol. The number of benzene rings is 1. The molecule has 21 heavy (non-hydrogen) atoms. The highest BCUT2D eigenvalue weighted by Crippen LogP contribution is 2.18. The molecule has 0 radical (unpaired) electrons. The van der Waals surface area contributed by atoms with Gasteiger partial charge in [0.15, 0.2) is 0 Å². The first-order chi connectivity index (χ1) is 10.0. The van der Waals surface area contributed by atoms with Crippen LogP contribution < -0.4 is 5.56 Å². The zero-order chi connectivity index (χ0) is 15.4. The Kier molecular flexibility index (Phi) is 5.52. The van der Waals surface area contributed by atoms with Crippen LogP contribution in [0.1, 0.15) is 25.1 Å². The second-order valence-corrected chi connectivity index (χ2v) is 6.48. The van der Waals surface area contributed by atoms with Gasteiger partial charge in [-0.2, -0.15) is 0 Å². The Morgan fingerprint density at radius 1 is 1.29 bits per heavy atom. The van der Waals surface area contributed by atoms with E-state index in [-0.39, 0.29) is 5.56 Å². The lowest BCUT2D eigenvalue weighted by atomic mass is 10.0. The predicted octanol–water partition coefficient (Wildman–Crippen LogP) is 3.39. The van der Waals surface area contributed by atoms with Crippen LogP contribution in [-0.4, -0.2) is 17.1 Å². The molecule has 0 unspecified atom stereocenters. The molecule has 1 aromatic carbocycles. The summed E-state index contributed by atoms with van der Waals surface area (Å²) in [6, 6.07) is 8.17. The van der Waals surface area contributed by atoms with E-state index in [9.17, 15) is 4.79 Å². The lowest BCUT2D eigenvalue weighted by Crippen LogP contribution is -2.16. The van der Waals surface area contributed by atoms with Gasteiger partial charge in [0, 0.05) is 12.7 Å². The highest BCUT2D eigenvalue weighted by molar-refractivity contribution is 14.1. The van der Waals surface area contributed by atoms with Gasteiger partial charge in [-0.25, -0.2) is 4.98 Å². The van der Waals surface area contributed by atoms with E-state index in [2.05, 4.69) is 35.9 Å². The van der Waals surface area contributed by atoms with E-state index in [4.69, 9.17) is 4.74 Å². The van der Waals surface area contributed by atoms with Crippen molar-refractivity contribution in [1.82, 2.24) is 9.97 Å². The van der Waals surface area contributed by atoms with Crippen LogP contribution in [0.25, 0.3) is 11.4 Å². The van der Waals surface area contributed by atoms with Gasteiger partial charge in [0.2, 0.25) is 0 Å². The maximum atomic E-state index is 12.0. The molecule has 0 spiro atoms. The van der Waals surface area contributed by atoms with Crippen LogP contribution in [0.3, 0.4) is 0 Å². The van der Waals surface area contributed by atoms with E-state index in [1.54, 1.807) is 7.11 Å². The summed E-state index contributed by atoms with van der Waals surface area (Å²) in [7, 11) is 1.60. The fraction of sp³-hybridized carbons (Fsp3) is 0.375. The molecule has 0 saturated heterocycles. The van der Waals surface area contributed by atoms with Gasteiger partial charge >= 0.3 is 0 Å². The van der Waals surface area contributed by atoms with E-state index in [1.807, 2.05) is 34.7 Å². The lowest BCUT2D eigenvalue weighted by Gasteiger charge is -2.08. The van der Waals surface area contributed by atoms with Crippen LogP contribution in [0, 0.1) is 9.49 Å². The number of nitrogens with zero attached hydrogens (tertiary/aromatic N) is 1. The van der Waals surface area contributed by atoms with E-state index in [0.29, 0.717) is 27.6 Å². The van der Waals surface area contributed by atoms with Gasteiger partial charge in [-0.1, -0.05) is 38.1 Å². The Morgan fingerprint density at radius 2 is 1.95 bits per heavy atom. The summed E-state index contributed by atoms with van der Waals surface area (Å²) < 4.78 is 5.68. The Morgan fingerprint density at radius 3 is 2.52 bits per heavy atom. The summed E-state index contributed by atoms with van der Waals surface area (Å²) >= 11 is 2.00. The Bertz CT molecular complexity index is 663. The monoisotopic (exact) mass is 398 g/mol. The van der Waals surface area contributed by atoms with Gasteiger partial charge in [0.25, 0.3) is 5.56 Å². The smallest absolute Gasteiger partial charge is 0.264 e. The minimum Gasteiger partial charge on any atom is -0.378 e. The van der Waals surface area contributed by atoms with Crippen molar-refractivity contribution in [1.29, 1.82) is 0 Å². The fourth-order valence-corrected chi connectivity index (χ4v) is 2.56. The van der Waals surface area contributed by atoms with E-state index >= 15 is 0 Å². The number of H-pyrrole nitrogens is 1. The zero-order valence-corrected chi connectivity index (χ0v) is 14.6. The molecule has 2 aromatic rings. The molecule has 1 aromatic heterocycles. The van der Waals surface area contributed by atoms with Crippen molar-refractivity contribution in [3.05, 3.63) is 49.4 Å². The van der Waals surface area contributed by atoms with Crippen molar-refractivity contribution in [2.24, 2.45) is 5.92 Å². The maximum absolute atomic E-state index is 12.0. The molecule has 2 rings (SSSR count). The molecule has 112 valence electrons. The number of halogens is 1. The minimum atomic E-state index is -0.126. The Labute approximate surface area is 138 Å². The summed E-state index contributed by atoms with van der Waals surface area (Å²) in [4.78, 5) is 19.3. The van der Waals surface area contributed by atoms with Gasteiger partial charge in [0.1, 0.15) is 9.39 Å². The summed E-state index contributed by atoms with van der Waals surface area (Å²) in [6.45, 7) is 4.73. The number of aromatic amines is 1. The topological polar surface area (TPSA) is 55.0 Å². The second kappa shape index (κ2) is 7.17. The largest absolute Gasteiger partial charge is 0.378 e. The minimum absolute atomic E-state index is 0.126. The van der Waals surface area contributed by atoms with Gasteiger partial charge in [-0.3, -0.25) is 4.79 Å². The van der Waals surface area contributed by atoms with Crippen molar-refractivity contribution in [3.8, 4) is 11.4 Å². The van der Waals surface area contributed by atoms with Crippen LogP contribution in [0.4, 0.5) is 0 Å². The highest BCUT2D eigenvalue weighted by atomic mass is 127. The lowest BCUT2D eigenvalue weighted by molar-refractivity contribution is 0.180. The summed E-state index contributed by atoms with van der Waals surface area (Å²) in [5.74, 6) is 1.21. The number of hydrogen-bond acceptors (Lipinski definition) is 3. The SMILES string of the molecule is COCc1nc(-c2ccc(CC(C)C)cc2)[nH]c(=O)c1I. The molecule has 4 nitrogen and oxygen atoms in total. The third kappa shape index (κ3) is 4.14. The first kappa shape index (κ1) is 16.2. The van der Waals surface area contributed by atoms with E-state index in [0.717, 1.165) is 12.0 Å². The number of hydrogen-bond donors (Lipinski definition) is 1. The van der Waals surface area contributed by atoms with Crippen molar-refractivity contribution < 1.29 is 4.74 Å². The molecule has 0 saturated carbocycles. The van der Waals surface area contributed by atoms with Crippen LogP contribution in [0.2, 0.25) is 0 Å². The predicted molar refractivity (Wildman–Crippen MR) is 92.3 cm³/mol. The van der Waals surface area contributed by atoms with Crippen molar-refractivity contribution in [2.45, 2.75) is 26.9 Å². The zero-order valence-electron chi connectivity index (χ0n) is 12.4. The molecule has 0 bridgehead atoms. The van der Waals surface area contributed by atoms with Crippen LogP contribution in [0.5, 0.6) is 0 Å². The third-order valence-corrected chi connectivity index (χ3v) is 4.20. The van der Waals surface area contributed by atoms with Gasteiger partial charge in [-0.05, 0) is 40.5 Å². The normalized spacial score (nSPS) is 11.1. The fourth-order valence-electron chi connectivity index (χ4n) is 2.14. The van der Waals surface area contributed by atoms with Crippen LogP contribution in [-0.2, 0) is 17.8 Å². The number of aromatic nitrogens is 2. The second-order valence-electron chi connectivity index (χ2n) is 5.40. The van der Waals surface area contributed by atoms with E-state index in [1.165, 1.54) is 5.56 Å². The van der Waals surface area contributed by atoms with Gasteiger partial charge < -0.3 is 9.72 Å². The number of ether oxygens (including phenoxy) is 1.